The van der Waals surface area contributed by atoms with Gasteiger partial charge in [0.1, 0.15) is 11.2 Å². The number of nitriles is 1. The summed E-state index contributed by atoms with van der Waals surface area (Å²) in [5, 5.41) is 14.7. The van der Waals surface area contributed by atoms with Crippen LogP contribution in [-0.4, -0.2) is 32.1 Å². The van der Waals surface area contributed by atoms with E-state index in [1.54, 1.807) is 12.5 Å². The first-order valence-electron chi connectivity index (χ1n) is 7.55. The average molecular weight is 323 g/mol. The highest BCUT2D eigenvalue weighted by Crippen LogP contribution is 2.22. The molecule has 0 aliphatic carbocycles. The highest BCUT2D eigenvalue weighted by molar-refractivity contribution is 6.00. The fourth-order valence-corrected chi connectivity index (χ4v) is 2.49. The monoisotopic (exact) mass is 323 g/mol. The van der Waals surface area contributed by atoms with Crippen molar-refractivity contribution in [2.45, 2.75) is 19.4 Å². The summed E-state index contributed by atoms with van der Waals surface area (Å²) >= 11 is 0. The Labute approximate surface area is 138 Å². The predicted octanol–water partition coefficient (Wildman–Crippen LogP) is 2.03. The van der Waals surface area contributed by atoms with Crippen molar-refractivity contribution in [3.8, 4) is 6.07 Å². The number of imidazole rings is 1. The molecule has 2 amide bonds. The number of urea groups is 1. The van der Waals surface area contributed by atoms with Crippen molar-refractivity contribution >= 4 is 28.1 Å². The molecule has 0 unspecified atom stereocenters. The molecule has 24 heavy (non-hydrogen) atoms. The van der Waals surface area contributed by atoms with Crippen LogP contribution < -0.4 is 10.6 Å². The van der Waals surface area contributed by atoms with E-state index in [0.717, 1.165) is 22.1 Å². The third-order valence-corrected chi connectivity index (χ3v) is 3.63. The Bertz CT molecular complexity index is 931. The number of aryl methyl sites for hydroxylation is 1. The van der Waals surface area contributed by atoms with E-state index in [4.69, 9.17) is 5.26 Å². The number of pyridine rings is 1. The van der Waals surface area contributed by atoms with Crippen LogP contribution in [-0.2, 0) is 6.54 Å². The number of nitrogens with zero attached hydrogens (tertiary/aromatic N) is 4. The minimum absolute atomic E-state index is 0.279. The molecule has 122 valence electrons. The fraction of sp³-hybridized carbons (Fsp3) is 0.250. The van der Waals surface area contributed by atoms with Gasteiger partial charge in [0.2, 0.25) is 0 Å². The lowest BCUT2D eigenvalue weighted by Crippen LogP contribution is -2.35. The maximum absolute atomic E-state index is 11.6. The molecule has 3 aromatic heterocycles. The Morgan fingerprint density at radius 2 is 2.33 bits per heavy atom. The van der Waals surface area contributed by atoms with Gasteiger partial charge in [0.25, 0.3) is 0 Å². The molecule has 0 aliphatic heterocycles. The number of nitrogens with one attached hydrogen (secondary N) is 3. The van der Waals surface area contributed by atoms with Crippen molar-refractivity contribution < 1.29 is 4.79 Å². The second kappa shape index (κ2) is 6.83. The van der Waals surface area contributed by atoms with Crippen molar-refractivity contribution in [2.24, 2.45) is 0 Å². The van der Waals surface area contributed by atoms with Crippen LogP contribution in [0.15, 0.2) is 37.1 Å². The molecule has 3 heterocycles. The van der Waals surface area contributed by atoms with E-state index in [-0.39, 0.29) is 12.5 Å². The quantitative estimate of drug-likeness (QED) is 0.603. The largest absolute Gasteiger partial charge is 0.346 e. The number of amides is 2. The van der Waals surface area contributed by atoms with E-state index in [9.17, 15) is 4.79 Å². The van der Waals surface area contributed by atoms with Crippen LogP contribution in [0.4, 0.5) is 4.79 Å². The molecule has 3 aromatic rings. The van der Waals surface area contributed by atoms with Crippen LogP contribution in [0.3, 0.4) is 0 Å². The Kier molecular flexibility index (Phi) is 4.43. The van der Waals surface area contributed by atoms with E-state index < -0.39 is 0 Å². The standard InChI is InChI=1S/C16H17N7O/c1-11(22-16(24)19-6-2-5-17)4-8-23-10-21-13-9-20-15-12(14(13)23)3-7-18-15/h3,7,9-10H,1-2,4,6,8H2,(H,18,20)(H2,19,22,24). The maximum Gasteiger partial charge on any atom is 0.318 e. The van der Waals surface area contributed by atoms with Crippen LogP contribution in [0.1, 0.15) is 12.8 Å². The molecule has 0 atom stereocenters. The second-order valence-electron chi connectivity index (χ2n) is 5.31. The number of rotatable bonds is 6. The Morgan fingerprint density at radius 1 is 1.46 bits per heavy atom. The summed E-state index contributed by atoms with van der Waals surface area (Å²) in [5.41, 5.74) is 3.26. The number of aromatic amines is 1. The number of allylic oxidation sites excluding steroid dienone is 1. The molecule has 3 rings (SSSR count). The first kappa shape index (κ1) is 15.6. The minimum Gasteiger partial charge on any atom is -0.346 e. The molecule has 0 radical (unpaired) electrons. The molecule has 0 fully saturated rings. The third kappa shape index (κ3) is 3.20. The Hall–Kier alpha value is -3.34. The van der Waals surface area contributed by atoms with Gasteiger partial charge in [-0.2, -0.15) is 5.26 Å². The van der Waals surface area contributed by atoms with Gasteiger partial charge in [-0.1, -0.05) is 6.58 Å². The first-order chi connectivity index (χ1) is 11.7. The topological polar surface area (TPSA) is 111 Å². The number of carbonyl (C=O) groups is 1. The number of H-pyrrole nitrogens is 1. The molecular formula is C16H17N7O. The van der Waals surface area contributed by atoms with E-state index in [1.165, 1.54) is 0 Å². The molecule has 0 bridgehead atoms. The molecule has 0 aliphatic rings. The van der Waals surface area contributed by atoms with Crippen LogP contribution >= 0.6 is 0 Å². The Morgan fingerprint density at radius 3 is 3.17 bits per heavy atom. The van der Waals surface area contributed by atoms with Gasteiger partial charge in [-0.05, 0) is 6.07 Å². The molecular weight excluding hydrogens is 306 g/mol. The first-order valence-corrected chi connectivity index (χ1v) is 7.55. The number of carbonyl (C=O) groups excluding carboxylic acids is 1. The number of hydrogen-bond acceptors (Lipinski definition) is 4. The van der Waals surface area contributed by atoms with Gasteiger partial charge in [0, 0.05) is 36.8 Å². The van der Waals surface area contributed by atoms with Crippen LogP contribution in [0.25, 0.3) is 22.1 Å². The molecule has 0 spiro atoms. The predicted molar refractivity (Wildman–Crippen MR) is 89.9 cm³/mol. The summed E-state index contributed by atoms with van der Waals surface area (Å²) in [4.78, 5) is 23.4. The van der Waals surface area contributed by atoms with Crippen molar-refractivity contribution in [1.29, 1.82) is 5.26 Å². The lowest BCUT2D eigenvalue weighted by atomic mass is 10.2. The van der Waals surface area contributed by atoms with Crippen molar-refractivity contribution in [3.05, 3.63) is 37.1 Å². The van der Waals surface area contributed by atoms with Gasteiger partial charge in [0.05, 0.1) is 30.5 Å². The highest BCUT2D eigenvalue weighted by Gasteiger charge is 2.09. The van der Waals surface area contributed by atoms with E-state index in [2.05, 4.69) is 32.2 Å². The zero-order valence-corrected chi connectivity index (χ0v) is 13.0. The minimum atomic E-state index is -0.344. The lowest BCUT2D eigenvalue weighted by molar-refractivity contribution is 0.243. The lowest BCUT2D eigenvalue weighted by Gasteiger charge is -2.10. The van der Waals surface area contributed by atoms with Gasteiger partial charge >= 0.3 is 6.03 Å². The zero-order chi connectivity index (χ0) is 16.9. The van der Waals surface area contributed by atoms with Crippen LogP contribution in [0.5, 0.6) is 0 Å². The summed E-state index contributed by atoms with van der Waals surface area (Å²) in [6.45, 7) is 4.82. The molecule has 8 nitrogen and oxygen atoms in total. The SMILES string of the molecule is C=C(CCn1cnc2cnc3[nH]ccc3c21)NC(=O)NCCC#N. The summed E-state index contributed by atoms with van der Waals surface area (Å²) in [6.07, 6.45) is 6.20. The van der Waals surface area contributed by atoms with Crippen LogP contribution in [0, 0.1) is 11.3 Å². The van der Waals surface area contributed by atoms with E-state index in [1.807, 2.05) is 22.9 Å². The third-order valence-electron chi connectivity index (χ3n) is 3.63. The van der Waals surface area contributed by atoms with Gasteiger partial charge in [-0.25, -0.2) is 14.8 Å². The van der Waals surface area contributed by atoms with Crippen molar-refractivity contribution in [3.63, 3.8) is 0 Å². The van der Waals surface area contributed by atoms with Crippen molar-refractivity contribution in [1.82, 2.24) is 30.2 Å². The number of hydrogen-bond donors (Lipinski definition) is 3. The van der Waals surface area contributed by atoms with Crippen LogP contribution in [0.2, 0.25) is 0 Å². The molecule has 0 saturated heterocycles. The Balaban J connectivity index is 1.64. The normalized spacial score (nSPS) is 10.6. The molecule has 0 aromatic carbocycles. The van der Waals surface area contributed by atoms with E-state index >= 15 is 0 Å². The molecule has 3 N–H and O–H groups in total. The maximum atomic E-state index is 11.6. The smallest absolute Gasteiger partial charge is 0.318 e. The summed E-state index contributed by atoms with van der Waals surface area (Å²) in [6, 6.07) is 3.59. The molecule has 0 saturated carbocycles. The fourth-order valence-electron chi connectivity index (χ4n) is 2.49. The number of aromatic nitrogens is 4. The van der Waals surface area contributed by atoms with Gasteiger partial charge < -0.3 is 20.2 Å². The molecule has 8 heteroatoms. The van der Waals surface area contributed by atoms with Gasteiger partial charge in [0.15, 0.2) is 0 Å². The van der Waals surface area contributed by atoms with Crippen molar-refractivity contribution in [2.75, 3.05) is 6.54 Å². The zero-order valence-electron chi connectivity index (χ0n) is 13.0. The second-order valence-corrected chi connectivity index (χ2v) is 5.31. The summed E-state index contributed by atoms with van der Waals surface area (Å²) in [5.74, 6) is 0. The van der Waals surface area contributed by atoms with Gasteiger partial charge in [-0.3, -0.25) is 0 Å². The average Bonchev–Trinajstić information content (AvgIpc) is 3.19. The summed E-state index contributed by atoms with van der Waals surface area (Å²) in [7, 11) is 0. The van der Waals surface area contributed by atoms with E-state index in [0.29, 0.717) is 25.2 Å². The summed E-state index contributed by atoms with van der Waals surface area (Å²) < 4.78 is 2.02. The van der Waals surface area contributed by atoms with Gasteiger partial charge in [-0.15, -0.1) is 0 Å². The highest BCUT2D eigenvalue weighted by atomic mass is 16.2. The number of fused-ring (bicyclic) bond motifs is 3.